The van der Waals surface area contributed by atoms with Crippen LogP contribution in [-0.2, 0) is 24.3 Å². The van der Waals surface area contributed by atoms with Crippen molar-refractivity contribution in [2.45, 2.75) is 24.7 Å². The molecule has 1 aliphatic rings. The Morgan fingerprint density at radius 2 is 1.68 bits per heavy atom. The molecule has 206 valence electrons. The number of carbonyl (C=O) groups is 1. The summed E-state index contributed by atoms with van der Waals surface area (Å²) in [6.07, 6.45) is 2.22. The molecule has 1 N–H and O–H groups in total. The molecule has 0 spiro atoms. The number of hydrogen-bond acceptors (Lipinski definition) is 6. The van der Waals surface area contributed by atoms with E-state index >= 15 is 0 Å². The highest BCUT2D eigenvalue weighted by Crippen LogP contribution is 2.36. The number of hydrogen-bond donors (Lipinski definition) is 1. The van der Waals surface area contributed by atoms with E-state index in [1.54, 1.807) is 31.3 Å². The van der Waals surface area contributed by atoms with Crippen LogP contribution in [0.5, 0.6) is 0 Å². The Balaban J connectivity index is 1.65. The molecule has 0 saturated carbocycles. The van der Waals surface area contributed by atoms with Crippen molar-refractivity contribution in [1.29, 1.82) is 0 Å². The van der Waals surface area contributed by atoms with Gasteiger partial charge in [0.2, 0.25) is 15.9 Å². The van der Waals surface area contributed by atoms with E-state index in [1.165, 1.54) is 7.05 Å². The molecule has 38 heavy (non-hydrogen) atoms. The van der Waals surface area contributed by atoms with Gasteiger partial charge in [0, 0.05) is 75.3 Å². The van der Waals surface area contributed by atoms with E-state index in [2.05, 4.69) is 34.1 Å². The summed E-state index contributed by atoms with van der Waals surface area (Å²) in [5, 5.41) is 1.07. The molecular formula is C28H38N4O5S. The highest BCUT2D eigenvalue weighted by molar-refractivity contribution is 7.89. The number of likely N-dealkylation sites (N-methyl/N-ethyl adjacent to an activating group) is 1. The summed E-state index contributed by atoms with van der Waals surface area (Å²) < 4.78 is 38.6. The highest BCUT2D eigenvalue weighted by atomic mass is 32.2. The Morgan fingerprint density at radius 3 is 2.34 bits per heavy atom. The maximum absolute atomic E-state index is 13.6. The second-order valence-corrected chi connectivity index (χ2v) is 11.8. The normalized spacial score (nSPS) is 14.1. The Morgan fingerprint density at radius 1 is 1.00 bits per heavy atom. The summed E-state index contributed by atoms with van der Waals surface area (Å²) in [4.78, 5) is 20.5. The summed E-state index contributed by atoms with van der Waals surface area (Å²) in [5.41, 5.74) is 4.87. The first-order chi connectivity index (χ1) is 18.2. The zero-order valence-electron chi connectivity index (χ0n) is 22.7. The molecule has 0 unspecified atom stereocenters. The molecule has 2 aromatic carbocycles. The lowest BCUT2D eigenvalue weighted by atomic mass is 10.1. The number of carbonyl (C=O) groups excluding carboxylic acids is 1. The van der Waals surface area contributed by atoms with Crippen molar-refractivity contribution in [3.8, 4) is 11.3 Å². The molecule has 1 amide bonds. The van der Waals surface area contributed by atoms with Crippen LogP contribution in [0, 0.1) is 6.92 Å². The van der Waals surface area contributed by atoms with Crippen molar-refractivity contribution in [2.24, 2.45) is 0 Å². The van der Waals surface area contributed by atoms with Crippen LogP contribution in [0.3, 0.4) is 0 Å². The van der Waals surface area contributed by atoms with E-state index in [4.69, 9.17) is 9.47 Å². The average molecular weight is 543 g/mol. The third-order valence-corrected chi connectivity index (χ3v) is 8.83. The first-order valence-corrected chi connectivity index (χ1v) is 14.4. The number of aryl methyl sites for hydroxylation is 1. The topological polar surface area (TPSA) is 95.2 Å². The fourth-order valence-corrected chi connectivity index (χ4v) is 5.98. The standard InChI is InChI=1S/C28H38N4O5S/c1-21-7-8-22-18-26(29-25(22)17-21)24-19-23(9-10-27(24)31-11-5-6-12-31)38(34,35)30(2)20-28(33)32(13-15-36-3)14-16-37-4/h7-10,17-19,29H,5-6,11-16,20H2,1-4H3. The van der Waals surface area contributed by atoms with Gasteiger partial charge < -0.3 is 24.3 Å². The Labute approximate surface area is 225 Å². The second-order valence-electron chi connectivity index (χ2n) is 9.77. The molecule has 9 nitrogen and oxygen atoms in total. The first-order valence-electron chi connectivity index (χ1n) is 13.0. The Bertz CT molecular complexity index is 1360. The molecule has 0 bridgehead atoms. The molecule has 0 atom stereocenters. The number of ether oxygens (including phenoxy) is 2. The number of nitrogens with zero attached hydrogens (tertiary/aromatic N) is 3. The predicted octanol–water partition coefficient (Wildman–Crippen LogP) is 3.49. The van der Waals surface area contributed by atoms with Gasteiger partial charge in [-0.05, 0) is 55.7 Å². The smallest absolute Gasteiger partial charge is 0.243 e. The largest absolute Gasteiger partial charge is 0.383 e. The summed E-state index contributed by atoms with van der Waals surface area (Å²) in [6.45, 7) is 5.09. The quantitative estimate of drug-likeness (QED) is 0.377. The minimum atomic E-state index is -3.93. The summed E-state index contributed by atoms with van der Waals surface area (Å²) in [7, 11) is 0.643. The van der Waals surface area contributed by atoms with E-state index in [-0.39, 0.29) is 17.3 Å². The predicted molar refractivity (Wildman–Crippen MR) is 150 cm³/mol. The van der Waals surface area contributed by atoms with Crippen LogP contribution in [0.4, 0.5) is 5.69 Å². The third-order valence-electron chi connectivity index (χ3n) is 7.03. The number of amides is 1. The van der Waals surface area contributed by atoms with E-state index in [0.29, 0.717) is 26.3 Å². The van der Waals surface area contributed by atoms with E-state index in [0.717, 1.165) is 63.6 Å². The Kier molecular flexibility index (Phi) is 9.09. The van der Waals surface area contributed by atoms with Crippen molar-refractivity contribution in [3.05, 3.63) is 48.0 Å². The first kappa shape index (κ1) is 28.1. The summed E-state index contributed by atoms with van der Waals surface area (Å²) >= 11 is 0. The van der Waals surface area contributed by atoms with Gasteiger partial charge in [-0.2, -0.15) is 4.31 Å². The number of anilines is 1. The number of aromatic nitrogens is 1. The van der Waals surface area contributed by atoms with Crippen LogP contribution in [0.15, 0.2) is 47.4 Å². The molecule has 1 saturated heterocycles. The number of fused-ring (bicyclic) bond motifs is 1. The van der Waals surface area contributed by atoms with Crippen LogP contribution in [0.1, 0.15) is 18.4 Å². The lowest BCUT2D eigenvalue weighted by Crippen LogP contribution is -2.43. The lowest BCUT2D eigenvalue weighted by molar-refractivity contribution is -0.132. The average Bonchev–Trinajstić information content (AvgIpc) is 3.58. The van der Waals surface area contributed by atoms with Crippen molar-refractivity contribution in [1.82, 2.24) is 14.2 Å². The maximum atomic E-state index is 13.6. The highest BCUT2D eigenvalue weighted by Gasteiger charge is 2.27. The monoisotopic (exact) mass is 542 g/mol. The zero-order valence-corrected chi connectivity index (χ0v) is 23.5. The van der Waals surface area contributed by atoms with E-state index in [9.17, 15) is 13.2 Å². The zero-order chi connectivity index (χ0) is 27.3. The number of benzene rings is 2. The van der Waals surface area contributed by atoms with Crippen LogP contribution >= 0.6 is 0 Å². The van der Waals surface area contributed by atoms with Gasteiger partial charge in [0.15, 0.2) is 0 Å². The molecule has 0 radical (unpaired) electrons. The molecule has 10 heteroatoms. The number of rotatable bonds is 12. The van der Waals surface area contributed by atoms with Crippen LogP contribution in [-0.4, -0.2) is 95.7 Å². The third kappa shape index (κ3) is 6.20. The lowest BCUT2D eigenvalue weighted by Gasteiger charge is -2.26. The van der Waals surface area contributed by atoms with Crippen LogP contribution in [0.2, 0.25) is 0 Å². The van der Waals surface area contributed by atoms with Crippen LogP contribution in [0.25, 0.3) is 22.2 Å². The fourth-order valence-electron chi connectivity index (χ4n) is 4.83. The molecule has 4 rings (SSSR count). The van der Waals surface area contributed by atoms with Gasteiger partial charge in [-0.3, -0.25) is 4.79 Å². The van der Waals surface area contributed by atoms with Gasteiger partial charge in [-0.25, -0.2) is 8.42 Å². The molecule has 1 fully saturated rings. The van der Waals surface area contributed by atoms with Gasteiger partial charge in [-0.1, -0.05) is 12.1 Å². The second kappa shape index (κ2) is 12.3. The van der Waals surface area contributed by atoms with Gasteiger partial charge >= 0.3 is 0 Å². The molecule has 0 aliphatic carbocycles. The van der Waals surface area contributed by atoms with Gasteiger partial charge in [0.25, 0.3) is 0 Å². The molecular weight excluding hydrogens is 504 g/mol. The van der Waals surface area contributed by atoms with Crippen molar-refractivity contribution in [2.75, 3.05) is 72.1 Å². The van der Waals surface area contributed by atoms with Crippen LogP contribution < -0.4 is 4.90 Å². The maximum Gasteiger partial charge on any atom is 0.243 e. The summed E-state index contributed by atoms with van der Waals surface area (Å²) in [5.74, 6) is -0.301. The minimum Gasteiger partial charge on any atom is -0.383 e. The van der Waals surface area contributed by atoms with Crippen molar-refractivity contribution < 1.29 is 22.7 Å². The van der Waals surface area contributed by atoms with Gasteiger partial charge in [0.1, 0.15) is 0 Å². The number of sulfonamides is 1. The number of aromatic amines is 1. The number of H-pyrrole nitrogens is 1. The van der Waals surface area contributed by atoms with E-state index in [1.807, 2.05) is 13.0 Å². The molecule has 1 aromatic heterocycles. The fraction of sp³-hybridized carbons (Fsp3) is 0.464. The molecule has 2 heterocycles. The Hall–Kier alpha value is -2.92. The SMILES string of the molecule is COCCN(CCOC)C(=O)CN(C)S(=O)(=O)c1ccc(N2CCCC2)c(-c2cc3ccc(C)cc3[nH]2)c1. The minimum absolute atomic E-state index is 0.154. The van der Waals surface area contributed by atoms with Gasteiger partial charge in [-0.15, -0.1) is 0 Å². The summed E-state index contributed by atoms with van der Waals surface area (Å²) in [6, 6.07) is 13.6. The molecule has 1 aliphatic heterocycles. The number of methoxy groups -OCH3 is 2. The number of nitrogens with one attached hydrogen (secondary N) is 1. The van der Waals surface area contributed by atoms with Gasteiger partial charge in [0.05, 0.1) is 24.7 Å². The van der Waals surface area contributed by atoms with Crippen molar-refractivity contribution >= 4 is 32.5 Å². The van der Waals surface area contributed by atoms with Crippen molar-refractivity contribution in [3.63, 3.8) is 0 Å². The molecule has 3 aromatic rings. The van der Waals surface area contributed by atoms with E-state index < -0.39 is 10.0 Å².